The molecule has 0 atom stereocenters. The summed E-state index contributed by atoms with van der Waals surface area (Å²) in [6.07, 6.45) is 1.42. The van der Waals surface area contributed by atoms with Crippen LogP contribution in [0.4, 0.5) is 0 Å². The van der Waals surface area contributed by atoms with E-state index in [-0.39, 0.29) is 5.57 Å². The number of rotatable bonds is 5. The van der Waals surface area contributed by atoms with Crippen molar-refractivity contribution in [1.82, 2.24) is 0 Å². The zero-order chi connectivity index (χ0) is 16.8. The summed E-state index contributed by atoms with van der Waals surface area (Å²) < 4.78 is 6.43. The molecule has 23 heavy (non-hydrogen) atoms. The highest BCUT2D eigenvalue weighted by Crippen LogP contribution is 2.28. The Kier molecular flexibility index (Phi) is 5.80. The van der Waals surface area contributed by atoms with Gasteiger partial charge in [-0.2, -0.15) is 5.26 Å². The van der Waals surface area contributed by atoms with Crippen molar-refractivity contribution in [3.8, 4) is 11.8 Å². The second-order valence-electron chi connectivity index (χ2n) is 4.64. The fourth-order valence-electron chi connectivity index (χ4n) is 1.84. The second-order valence-corrected chi connectivity index (χ2v) is 5.93. The van der Waals surface area contributed by atoms with E-state index in [1.807, 2.05) is 18.2 Å². The molecule has 0 heterocycles. The Morgan fingerprint density at radius 3 is 2.74 bits per heavy atom. The van der Waals surface area contributed by atoms with Crippen LogP contribution < -0.4 is 10.5 Å². The van der Waals surface area contributed by atoms with Crippen molar-refractivity contribution in [3.63, 3.8) is 0 Å². The molecule has 1 amide bonds. The summed E-state index contributed by atoms with van der Waals surface area (Å²) in [5, 5.41) is 9.50. The van der Waals surface area contributed by atoms with Gasteiger partial charge in [-0.25, -0.2) is 0 Å². The number of hydrogen-bond donors (Lipinski definition) is 1. The fourth-order valence-corrected chi connectivity index (χ4v) is 2.56. The minimum atomic E-state index is -0.759. The molecule has 2 aromatic carbocycles. The zero-order valence-electron chi connectivity index (χ0n) is 11.9. The van der Waals surface area contributed by atoms with E-state index < -0.39 is 5.91 Å². The minimum absolute atomic E-state index is 0.107. The zero-order valence-corrected chi connectivity index (χ0v) is 14.3. The number of primary amides is 1. The normalized spacial score (nSPS) is 10.9. The van der Waals surface area contributed by atoms with E-state index in [1.54, 1.807) is 30.3 Å². The summed E-state index contributed by atoms with van der Waals surface area (Å²) in [7, 11) is 0. The Morgan fingerprint density at radius 2 is 2.13 bits per heavy atom. The fraction of sp³-hybridized carbons (Fsp3) is 0.0588. The lowest BCUT2D eigenvalue weighted by molar-refractivity contribution is -0.114. The Hall–Kier alpha value is -2.29. The average molecular weight is 392 g/mol. The highest BCUT2D eigenvalue weighted by atomic mass is 79.9. The van der Waals surface area contributed by atoms with Crippen LogP contribution in [0.1, 0.15) is 11.1 Å². The highest BCUT2D eigenvalue weighted by molar-refractivity contribution is 9.10. The van der Waals surface area contributed by atoms with E-state index in [1.165, 1.54) is 6.08 Å². The molecule has 2 aromatic rings. The second kappa shape index (κ2) is 7.82. The molecule has 0 radical (unpaired) electrons. The van der Waals surface area contributed by atoms with Gasteiger partial charge in [-0.1, -0.05) is 29.8 Å². The van der Waals surface area contributed by atoms with Crippen molar-refractivity contribution in [1.29, 1.82) is 5.26 Å². The summed E-state index contributed by atoms with van der Waals surface area (Å²) >= 11 is 9.34. The van der Waals surface area contributed by atoms with Crippen molar-refractivity contribution in [2.75, 3.05) is 0 Å². The molecule has 0 fully saturated rings. The average Bonchev–Trinajstić information content (AvgIpc) is 2.51. The third-order valence-electron chi connectivity index (χ3n) is 2.94. The molecular formula is C17H12BrClN2O2. The van der Waals surface area contributed by atoms with Crippen molar-refractivity contribution in [2.45, 2.75) is 6.61 Å². The molecule has 0 unspecified atom stereocenters. The molecule has 0 bridgehead atoms. The van der Waals surface area contributed by atoms with Crippen LogP contribution in [0.25, 0.3) is 6.08 Å². The maximum atomic E-state index is 11.1. The molecule has 0 saturated heterocycles. The number of nitrogens with two attached hydrogens (primary N) is 1. The molecule has 0 aromatic heterocycles. The van der Waals surface area contributed by atoms with Crippen molar-refractivity contribution >= 4 is 39.5 Å². The SMILES string of the molecule is N#C/C(=C\c1ccc(OCc2cccc(Cl)c2)c(Br)c1)C(N)=O. The number of carbonyl (C=O) groups is 1. The number of carbonyl (C=O) groups excluding carboxylic acids is 1. The minimum Gasteiger partial charge on any atom is -0.488 e. The van der Waals surface area contributed by atoms with Gasteiger partial charge in [0.25, 0.3) is 5.91 Å². The third kappa shape index (κ3) is 4.85. The number of hydrogen-bond acceptors (Lipinski definition) is 3. The van der Waals surface area contributed by atoms with E-state index >= 15 is 0 Å². The largest absolute Gasteiger partial charge is 0.488 e. The first-order chi connectivity index (χ1) is 11.0. The molecular weight excluding hydrogens is 380 g/mol. The van der Waals surface area contributed by atoms with E-state index in [2.05, 4.69) is 15.9 Å². The van der Waals surface area contributed by atoms with Crippen molar-refractivity contribution < 1.29 is 9.53 Å². The predicted octanol–water partition coefficient (Wildman–Crippen LogP) is 4.07. The van der Waals surface area contributed by atoms with Gasteiger partial charge in [0.2, 0.25) is 0 Å². The first kappa shape index (κ1) is 17.1. The maximum absolute atomic E-state index is 11.1. The first-order valence-electron chi connectivity index (χ1n) is 6.58. The van der Waals surface area contributed by atoms with Crippen molar-refractivity contribution in [2.24, 2.45) is 5.73 Å². The number of amides is 1. The van der Waals surface area contributed by atoms with Crippen molar-refractivity contribution in [3.05, 3.63) is 68.7 Å². The van der Waals surface area contributed by atoms with Crippen LogP contribution in [0, 0.1) is 11.3 Å². The Bertz CT molecular complexity index is 812. The summed E-state index contributed by atoms with van der Waals surface area (Å²) in [4.78, 5) is 11.1. The molecule has 0 saturated carbocycles. The van der Waals surface area contributed by atoms with E-state index in [0.717, 1.165) is 5.56 Å². The van der Waals surface area contributed by atoms with E-state index in [9.17, 15) is 4.79 Å². The van der Waals surface area contributed by atoms with E-state index in [4.69, 9.17) is 27.3 Å². The molecule has 4 nitrogen and oxygen atoms in total. The molecule has 0 aliphatic heterocycles. The monoisotopic (exact) mass is 390 g/mol. The molecule has 0 spiro atoms. The van der Waals surface area contributed by atoms with Gasteiger partial charge in [0.15, 0.2) is 0 Å². The molecule has 6 heteroatoms. The van der Waals surface area contributed by atoms with Gasteiger partial charge in [-0.15, -0.1) is 0 Å². The predicted molar refractivity (Wildman–Crippen MR) is 92.7 cm³/mol. The van der Waals surface area contributed by atoms with Crippen LogP contribution in [-0.2, 0) is 11.4 Å². The quantitative estimate of drug-likeness (QED) is 0.616. The topological polar surface area (TPSA) is 76.1 Å². The highest BCUT2D eigenvalue weighted by Gasteiger charge is 2.06. The standard InChI is InChI=1S/C17H12BrClN2O2/c18-15-8-11(6-13(9-20)17(21)22)4-5-16(15)23-10-12-2-1-3-14(19)7-12/h1-8H,10H2,(H2,21,22)/b13-6+. The molecule has 2 N–H and O–H groups in total. The lowest BCUT2D eigenvalue weighted by atomic mass is 10.1. The van der Waals surface area contributed by atoms with Crippen LogP contribution in [0.15, 0.2) is 52.5 Å². The van der Waals surface area contributed by atoms with Crippen LogP contribution in [-0.4, -0.2) is 5.91 Å². The number of nitrogens with zero attached hydrogens (tertiary/aromatic N) is 1. The summed E-state index contributed by atoms with van der Waals surface area (Å²) in [6.45, 7) is 0.374. The number of ether oxygens (including phenoxy) is 1. The van der Waals surface area contributed by atoms with E-state index in [0.29, 0.717) is 27.4 Å². The van der Waals surface area contributed by atoms with Gasteiger partial charge < -0.3 is 10.5 Å². The third-order valence-corrected chi connectivity index (χ3v) is 3.79. The van der Waals surface area contributed by atoms with Gasteiger partial charge >= 0.3 is 0 Å². The van der Waals surface area contributed by atoms with Gasteiger partial charge in [-0.05, 0) is 57.4 Å². The summed E-state index contributed by atoms with van der Waals surface area (Å²) in [5.74, 6) is -0.121. The number of nitriles is 1. The van der Waals surface area contributed by atoms with Crippen LogP contribution in [0.5, 0.6) is 5.75 Å². The molecule has 116 valence electrons. The summed E-state index contributed by atoms with van der Waals surface area (Å²) in [5.41, 5.74) is 6.62. The Labute approximate surface area is 147 Å². The van der Waals surface area contributed by atoms with Gasteiger partial charge in [-0.3, -0.25) is 4.79 Å². The molecule has 0 aliphatic rings. The maximum Gasteiger partial charge on any atom is 0.259 e. The summed E-state index contributed by atoms with van der Waals surface area (Å²) in [6, 6.07) is 14.4. The molecule has 2 rings (SSSR count). The van der Waals surface area contributed by atoms with Gasteiger partial charge in [0.05, 0.1) is 4.47 Å². The molecule has 0 aliphatic carbocycles. The smallest absolute Gasteiger partial charge is 0.259 e. The number of halogens is 2. The first-order valence-corrected chi connectivity index (χ1v) is 7.75. The van der Waals surface area contributed by atoms with Gasteiger partial charge in [0.1, 0.15) is 24.0 Å². The Morgan fingerprint density at radius 1 is 1.35 bits per heavy atom. The number of benzene rings is 2. The van der Waals surface area contributed by atoms with Crippen LogP contribution >= 0.6 is 27.5 Å². The van der Waals surface area contributed by atoms with Crippen LogP contribution in [0.3, 0.4) is 0 Å². The lowest BCUT2D eigenvalue weighted by Gasteiger charge is -2.09. The lowest BCUT2D eigenvalue weighted by Crippen LogP contribution is -2.12. The Balaban J connectivity index is 2.14. The van der Waals surface area contributed by atoms with Crippen LogP contribution in [0.2, 0.25) is 5.02 Å². The van der Waals surface area contributed by atoms with Gasteiger partial charge in [0, 0.05) is 5.02 Å².